The summed E-state index contributed by atoms with van der Waals surface area (Å²) >= 11 is 0. The molecule has 4 aromatic rings. The Labute approximate surface area is 195 Å². The topological polar surface area (TPSA) is 81.2 Å². The first-order chi connectivity index (χ1) is 15.4. The molecule has 33 heavy (non-hydrogen) atoms. The molecule has 0 N–H and O–H groups in total. The molecule has 0 aliphatic carbocycles. The van der Waals surface area contributed by atoms with Gasteiger partial charge in [0.05, 0.1) is 15.2 Å². The largest absolute Gasteiger partial charge is 0.256 e. The van der Waals surface area contributed by atoms with Crippen molar-refractivity contribution in [3.8, 4) is 22.3 Å². The van der Waals surface area contributed by atoms with Crippen molar-refractivity contribution in [1.29, 1.82) is 0 Å². The van der Waals surface area contributed by atoms with Gasteiger partial charge in [0.25, 0.3) is 0 Å². The Kier molecular flexibility index (Phi) is 5.66. The van der Waals surface area contributed by atoms with Crippen LogP contribution in [0.3, 0.4) is 0 Å². The molecule has 0 bridgehead atoms. The summed E-state index contributed by atoms with van der Waals surface area (Å²) in [5.74, 6) is 0. The van der Waals surface area contributed by atoms with Crippen LogP contribution in [-0.4, -0.2) is 34.3 Å². The normalized spacial score (nSPS) is 12.7. The smallest absolute Gasteiger partial charge is 0.176 e. The predicted octanol–water partition coefficient (Wildman–Crippen LogP) is 5.25. The highest BCUT2D eigenvalue weighted by molar-refractivity contribution is 7.91. The molecule has 0 atom stereocenters. The first-order valence-corrected chi connectivity index (χ1v) is 14.2. The zero-order chi connectivity index (χ0) is 24.0. The van der Waals surface area contributed by atoms with Crippen LogP contribution in [0.15, 0.2) is 83.9 Å². The molecular weight excluding hydrogens is 454 g/mol. The summed E-state index contributed by atoms with van der Waals surface area (Å²) < 4.78 is 48.7. The van der Waals surface area contributed by atoms with Gasteiger partial charge in [-0.2, -0.15) is 0 Å². The van der Waals surface area contributed by atoms with Crippen molar-refractivity contribution in [1.82, 2.24) is 4.98 Å². The van der Waals surface area contributed by atoms with Gasteiger partial charge < -0.3 is 0 Å². The lowest BCUT2D eigenvalue weighted by molar-refractivity contribution is 0.561. The summed E-state index contributed by atoms with van der Waals surface area (Å²) in [6.07, 6.45) is 4.14. The van der Waals surface area contributed by atoms with E-state index in [1.54, 1.807) is 38.2 Å². The van der Waals surface area contributed by atoms with Crippen LogP contribution in [0.2, 0.25) is 0 Å². The second kappa shape index (κ2) is 8.08. The highest BCUT2D eigenvalue weighted by atomic mass is 32.2. The van der Waals surface area contributed by atoms with Crippen molar-refractivity contribution in [2.75, 3.05) is 12.5 Å². The van der Waals surface area contributed by atoms with Gasteiger partial charge in [0, 0.05) is 35.2 Å². The van der Waals surface area contributed by atoms with Crippen molar-refractivity contribution >= 4 is 30.6 Å². The fraction of sp³-hybridized carbons (Fsp3) is 0.192. The van der Waals surface area contributed by atoms with Crippen LogP contribution < -0.4 is 0 Å². The van der Waals surface area contributed by atoms with Gasteiger partial charge in [0.2, 0.25) is 0 Å². The van der Waals surface area contributed by atoms with Crippen molar-refractivity contribution in [3.05, 3.63) is 84.6 Å². The Morgan fingerprint density at radius 1 is 0.727 bits per heavy atom. The summed E-state index contributed by atoms with van der Waals surface area (Å²) in [6.45, 7) is 3.39. The molecule has 0 amide bonds. The predicted molar refractivity (Wildman–Crippen MR) is 134 cm³/mol. The van der Waals surface area contributed by atoms with Gasteiger partial charge in [-0.25, -0.2) is 16.8 Å². The molecular formula is C26H25NO4S2. The fourth-order valence-electron chi connectivity index (χ4n) is 3.86. The Morgan fingerprint density at radius 3 is 2.06 bits per heavy atom. The molecule has 0 saturated heterocycles. The Morgan fingerprint density at radius 2 is 1.39 bits per heavy atom. The van der Waals surface area contributed by atoms with Crippen LogP contribution in [0.1, 0.15) is 19.4 Å². The Hall–Kier alpha value is -3.03. The maximum Gasteiger partial charge on any atom is 0.176 e. The quantitative estimate of drug-likeness (QED) is 0.390. The van der Waals surface area contributed by atoms with Crippen LogP contribution in [0.25, 0.3) is 33.2 Å². The molecule has 0 saturated carbocycles. The number of hydrogen-bond acceptors (Lipinski definition) is 5. The second-order valence-electron chi connectivity index (χ2n) is 8.73. The first-order valence-electron chi connectivity index (χ1n) is 10.4. The fourth-order valence-corrected chi connectivity index (χ4v) is 5.31. The number of pyridine rings is 1. The number of hydrogen-bond donors (Lipinski definition) is 0. The van der Waals surface area contributed by atoms with Crippen molar-refractivity contribution < 1.29 is 16.8 Å². The number of rotatable bonds is 5. The summed E-state index contributed by atoms with van der Waals surface area (Å²) in [7, 11) is -6.80. The van der Waals surface area contributed by atoms with Gasteiger partial charge in [-0.15, -0.1) is 0 Å². The van der Waals surface area contributed by atoms with Crippen molar-refractivity contribution in [2.24, 2.45) is 0 Å². The zero-order valence-corrected chi connectivity index (χ0v) is 20.5. The van der Waals surface area contributed by atoms with Gasteiger partial charge in [-0.1, -0.05) is 42.5 Å². The zero-order valence-electron chi connectivity index (χ0n) is 18.9. The van der Waals surface area contributed by atoms with Crippen LogP contribution in [0, 0.1) is 0 Å². The van der Waals surface area contributed by atoms with Crippen LogP contribution in [0.4, 0.5) is 0 Å². The van der Waals surface area contributed by atoms with Crippen molar-refractivity contribution in [3.63, 3.8) is 0 Å². The lowest BCUT2D eigenvalue weighted by atomic mass is 9.92. The average molecular weight is 480 g/mol. The molecule has 0 spiro atoms. The molecule has 170 valence electrons. The molecule has 0 radical (unpaired) electrons. The standard InChI is InChI=1S/C26H25NO4S2/c1-26(2,33(4,30)31)21-16-20-11-8-14-27-25(20)23(17-21)19-10-7-9-18(15-19)22-12-5-6-13-24(22)32(3,28)29/h5-17H,1-4H3. The van der Waals surface area contributed by atoms with Crippen LogP contribution in [0.5, 0.6) is 0 Å². The number of sulfone groups is 2. The highest BCUT2D eigenvalue weighted by Crippen LogP contribution is 2.38. The first kappa shape index (κ1) is 23.1. The summed E-state index contributed by atoms with van der Waals surface area (Å²) in [6, 6.07) is 22.0. The van der Waals surface area contributed by atoms with E-state index in [1.807, 2.05) is 54.6 Å². The summed E-state index contributed by atoms with van der Waals surface area (Å²) in [4.78, 5) is 4.82. The van der Waals surface area contributed by atoms with Gasteiger partial charge in [0.1, 0.15) is 0 Å². The molecule has 4 rings (SSSR count). The second-order valence-corrected chi connectivity index (χ2v) is 13.3. The SMILES string of the molecule is CC(C)(c1cc(-c2cccc(-c3ccccc3S(C)(=O)=O)c2)c2ncccc2c1)S(C)(=O)=O. The molecule has 3 aromatic carbocycles. The third kappa shape index (κ3) is 4.30. The lowest BCUT2D eigenvalue weighted by Gasteiger charge is -2.24. The lowest BCUT2D eigenvalue weighted by Crippen LogP contribution is -2.28. The van der Waals surface area contributed by atoms with E-state index in [1.165, 1.54) is 12.5 Å². The van der Waals surface area contributed by atoms with E-state index < -0.39 is 24.4 Å². The number of benzene rings is 3. The number of nitrogens with zero attached hydrogens (tertiary/aromatic N) is 1. The van der Waals surface area contributed by atoms with E-state index >= 15 is 0 Å². The maximum absolute atomic E-state index is 12.5. The number of fused-ring (bicyclic) bond motifs is 1. The molecule has 7 heteroatoms. The van der Waals surface area contributed by atoms with E-state index in [0.717, 1.165) is 27.6 Å². The third-order valence-electron chi connectivity index (χ3n) is 6.10. The average Bonchev–Trinajstić information content (AvgIpc) is 2.77. The van der Waals surface area contributed by atoms with Crippen LogP contribution in [-0.2, 0) is 24.4 Å². The van der Waals surface area contributed by atoms with Crippen molar-refractivity contribution in [2.45, 2.75) is 23.5 Å². The number of aromatic nitrogens is 1. The van der Waals surface area contributed by atoms with E-state index in [-0.39, 0.29) is 4.90 Å². The molecule has 0 unspecified atom stereocenters. The molecule has 5 nitrogen and oxygen atoms in total. The van der Waals surface area contributed by atoms with E-state index in [4.69, 9.17) is 0 Å². The highest BCUT2D eigenvalue weighted by Gasteiger charge is 2.33. The Balaban J connectivity index is 1.99. The minimum atomic E-state index is -3.42. The van der Waals surface area contributed by atoms with E-state index in [2.05, 4.69) is 4.98 Å². The minimum Gasteiger partial charge on any atom is -0.256 e. The Bertz CT molecular complexity index is 1590. The van der Waals surface area contributed by atoms with Gasteiger partial charge in [-0.3, -0.25) is 4.98 Å². The monoisotopic (exact) mass is 479 g/mol. The van der Waals surface area contributed by atoms with Gasteiger partial charge >= 0.3 is 0 Å². The van der Waals surface area contributed by atoms with Gasteiger partial charge in [-0.05, 0) is 60.9 Å². The van der Waals surface area contributed by atoms with E-state index in [9.17, 15) is 16.8 Å². The molecule has 0 aliphatic heterocycles. The van der Waals surface area contributed by atoms with Crippen LogP contribution >= 0.6 is 0 Å². The minimum absolute atomic E-state index is 0.261. The maximum atomic E-state index is 12.5. The molecule has 0 fully saturated rings. The summed E-state index contributed by atoms with van der Waals surface area (Å²) in [5.41, 5.74) is 4.41. The molecule has 0 aliphatic rings. The summed E-state index contributed by atoms with van der Waals surface area (Å²) in [5, 5.41) is 0.837. The molecule has 1 heterocycles. The molecule has 1 aromatic heterocycles. The third-order valence-corrected chi connectivity index (χ3v) is 9.34. The van der Waals surface area contributed by atoms with Gasteiger partial charge in [0.15, 0.2) is 19.7 Å². The van der Waals surface area contributed by atoms with E-state index in [0.29, 0.717) is 11.1 Å².